The number of amides is 1. The Morgan fingerprint density at radius 1 is 1.18 bits per heavy atom. The van der Waals surface area contributed by atoms with Gasteiger partial charge in [-0.15, -0.1) is 0 Å². The average Bonchev–Trinajstić information content (AvgIpc) is 3.50. The number of piperidine rings is 1. The Kier molecular flexibility index (Phi) is 7.02. The second-order valence-electron chi connectivity index (χ2n) is 10.5. The first-order valence-corrected chi connectivity index (χ1v) is 12.7. The molecule has 2 aromatic heterocycles. The Labute approximate surface area is 221 Å². The predicted octanol–water partition coefficient (Wildman–Crippen LogP) is 3.81. The SMILES string of the molecule is COc1ccccc1C1C(c2nonc2N)=Nc2cncc(CNC3CCN(C(=O)OC(C)(C)C)CC3)c21. The largest absolute Gasteiger partial charge is 0.496 e. The van der Waals surface area contributed by atoms with Crippen molar-refractivity contribution >= 4 is 23.3 Å². The molecule has 0 spiro atoms. The van der Waals surface area contributed by atoms with Crippen molar-refractivity contribution in [2.24, 2.45) is 4.99 Å². The number of methoxy groups -OCH3 is 1. The minimum Gasteiger partial charge on any atom is -0.496 e. The molecule has 1 aromatic carbocycles. The van der Waals surface area contributed by atoms with Crippen LogP contribution in [-0.2, 0) is 11.3 Å². The molecule has 0 bridgehead atoms. The number of aliphatic imine (C=N–C) groups is 1. The zero-order valence-corrected chi connectivity index (χ0v) is 22.1. The fraction of sp³-hybridized carbons (Fsp3) is 0.444. The van der Waals surface area contributed by atoms with E-state index in [9.17, 15) is 4.79 Å². The van der Waals surface area contributed by atoms with E-state index in [0.29, 0.717) is 31.0 Å². The third-order valence-electron chi connectivity index (χ3n) is 6.79. The van der Waals surface area contributed by atoms with Crippen molar-refractivity contribution in [3.05, 3.63) is 59.0 Å². The second-order valence-corrected chi connectivity index (χ2v) is 10.5. The van der Waals surface area contributed by atoms with E-state index in [1.165, 1.54) is 0 Å². The predicted molar refractivity (Wildman–Crippen MR) is 142 cm³/mol. The van der Waals surface area contributed by atoms with E-state index < -0.39 is 5.60 Å². The summed E-state index contributed by atoms with van der Waals surface area (Å²) in [6, 6.07) is 8.09. The highest BCUT2D eigenvalue weighted by Crippen LogP contribution is 2.45. The molecule has 38 heavy (non-hydrogen) atoms. The van der Waals surface area contributed by atoms with Crippen LogP contribution in [0.15, 0.2) is 46.3 Å². The van der Waals surface area contributed by atoms with Crippen LogP contribution in [0.2, 0.25) is 0 Å². The number of aromatic nitrogens is 3. The van der Waals surface area contributed by atoms with Crippen molar-refractivity contribution in [2.45, 2.75) is 57.7 Å². The molecule has 5 rings (SSSR count). The lowest BCUT2D eigenvalue weighted by Gasteiger charge is -2.34. The van der Waals surface area contributed by atoms with Gasteiger partial charge in [-0.3, -0.25) is 4.98 Å². The molecule has 1 saturated heterocycles. The van der Waals surface area contributed by atoms with Gasteiger partial charge in [-0.05, 0) is 61.1 Å². The zero-order chi connectivity index (χ0) is 26.9. The van der Waals surface area contributed by atoms with Crippen LogP contribution in [-0.4, -0.2) is 63.8 Å². The smallest absolute Gasteiger partial charge is 0.410 e. The molecule has 2 aliphatic rings. The monoisotopic (exact) mass is 519 g/mol. The fourth-order valence-electron chi connectivity index (χ4n) is 5.01. The van der Waals surface area contributed by atoms with Gasteiger partial charge in [0.1, 0.15) is 11.4 Å². The van der Waals surface area contributed by atoms with Crippen molar-refractivity contribution in [3.63, 3.8) is 0 Å². The first-order valence-electron chi connectivity index (χ1n) is 12.7. The molecular formula is C27H33N7O4. The number of carbonyl (C=O) groups excluding carboxylic acids is 1. The fourth-order valence-corrected chi connectivity index (χ4v) is 5.01. The van der Waals surface area contributed by atoms with E-state index in [-0.39, 0.29) is 23.9 Å². The number of hydrogen-bond donors (Lipinski definition) is 2. The summed E-state index contributed by atoms with van der Waals surface area (Å²) >= 11 is 0. The molecule has 0 radical (unpaired) electrons. The lowest BCUT2D eigenvalue weighted by molar-refractivity contribution is 0.0198. The zero-order valence-electron chi connectivity index (χ0n) is 22.1. The average molecular weight is 520 g/mol. The summed E-state index contributed by atoms with van der Waals surface area (Å²) in [5.41, 5.74) is 10.3. The number of para-hydroxylation sites is 1. The minimum absolute atomic E-state index is 0.181. The number of nitrogens with two attached hydrogens (primary N) is 1. The second kappa shape index (κ2) is 10.4. The summed E-state index contributed by atoms with van der Waals surface area (Å²) in [6.45, 7) is 7.53. The van der Waals surface area contributed by atoms with Gasteiger partial charge in [-0.25, -0.2) is 14.4 Å². The first-order chi connectivity index (χ1) is 18.2. The topological polar surface area (TPSA) is 141 Å². The molecule has 0 saturated carbocycles. The highest BCUT2D eigenvalue weighted by Gasteiger charge is 2.37. The number of likely N-dealkylation sites (tertiary alicyclic amines) is 1. The molecule has 2 aliphatic heterocycles. The number of hydrogen-bond acceptors (Lipinski definition) is 10. The van der Waals surface area contributed by atoms with Gasteiger partial charge in [0.25, 0.3) is 0 Å². The maximum Gasteiger partial charge on any atom is 0.410 e. The normalized spacial score (nSPS) is 17.7. The van der Waals surface area contributed by atoms with Crippen LogP contribution >= 0.6 is 0 Å². The Morgan fingerprint density at radius 3 is 2.63 bits per heavy atom. The van der Waals surface area contributed by atoms with Gasteiger partial charge in [0.2, 0.25) is 0 Å². The highest BCUT2D eigenvalue weighted by molar-refractivity contribution is 6.13. The molecule has 1 atom stereocenters. The third-order valence-corrected chi connectivity index (χ3v) is 6.79. The van der Waals surface area contributed by atoms with Crippen LogP contribution < -0.4 is 15.8 Å². The molecule has 1 unspecified atom stereocenters. The summed E-state index contributed by atoms with van der Waals surface area (Å²) in [6.07, 6.45) is 5.03. The Hall–Kier alpha value is -3.99. The van der Waals surface area contributed by atoms with Crippen LogP contribution in [0.4, 0.5) is 16.3 Å². The third kappa shape index (κ3) is 5.19. The van der Waals surface area contributed by atoms with Crippen LogP contribution in [0.25, 0.3) is 0 Å². The molecular weight excluding hydrogens is 486 g/mol. The summed E-state index contributed by atoms with van der Waals surface area (Å²) in [4.78, 5) is 23.5. The summed E-state index contributed by atoms with van der Waals surface area (Å²) in [5, 5.41) is 11.5. The standard InChI is InChI=1S/C27H33N7O4/c1-27(2,3)37-26(35)34-11-9-17(10-12-34)30-14-16-13-29-15-19-21(16)22(18-7-5-6-8-20(18)36-4)23(31-19)24-25(28)33-38-32-24/h5-8,13,15,17,22,30H,9-12,14H2,1-4H3,(H2,28,33). The lowest BCUT2D eigenvalue weighted by atomic mass is 9.84. The van der Waals surface area contributed by atoms with Gasteiger partial charge < -0.3 is 25.4 Å². The van der Waals surface area contributed by atoms with E-state index in [0.717, 1.165) is 41.0 Å². The van der Waals surface area contributed by atoms with Crippen LogP contribution in [0.1, 0.15) is 61.9 Å². The maximum atomic E-state index is 12.4. The Bertz CT molecular complexity index is 1340. The molecule has 11 heteroatoms. The number of fused-ring (bicyclic) bond motifs is 1. The Balaban J connectivity index is 1.37. The number of pyridine rings is 1. The van der Waals surface area contributed by atoms with Gasteiger partial charge >= 0.3 is 6.09 Å². The number of nitrogen functional groups attached to an aromatic ring is 1. The Morgan fingerprint density at radius 2 is 1.95 bits per heavy atom. The van der Waals surface area contributed by atoms with Gasteiger partial charge in [0.15, 0.2) is 11.5 Å². The molecule has 4 heterocycles. The number of rotatable bonds is 6. The van der Waals surface area contributed by atoms with Gasteiger partial charge in [0, 0.05) is 37.4 Å². The molecule has 1 fully saturated rings. The maximum absolute atomic E-state index is 12.4. The van der Waals surface area contributed by atoms with Crippen molar-refractivity contribution in [3.8, 4) is 5.75 Å². The molecule has 0 aliphatic carbocycles. The summed E-state index contributed by atoms with van der Waals surface area (Å²) in [5.74, 6) is 0.628. The van der Waals surface area contributed by atoms with Gasteiger partial charge in [-0.1, -0.05) is 18.2 Å². The van der Waals surface area contributed by atoms with Crippen LogP contribution in [0.3, 0.4) is 0 Å². The summed E-state index contributed by atoms with van der Waals surface area (Å²) in [7, 11) is 1.65. The lowest BCUT2D eigenvalue weighted by Crippen LogP contribution is -2.46. The number of nitrogens with one attached hydrogen (secondary N) is 1. The van der Waals surface area contributed by atoms with E-state index in [1.54, 1.807) is 18.2 Å². The molecule has 3 aromatic rings. The van der Waals surface area contributed by atoms with Crippen LogP contribution in [0, 0.1) is 0 Å². The quantitative estimate of drug-likeness (QED) is 0.497. The number of carbonyl (C=O) groups is 1. The molecule has 11 nitrogen and oxygen atoms in total. The van der Waals surface area contributed by atoms with Gasteiger partial charge in [0.05, 0.1) is 30.6 Å². The van der Waals surface area contributed by atoms with Crippen LogP contribution in [0.5, 0.6) is 5.75 Å². The number of nitrogens with zero attached hydrogens (tertiary/aromatic N) is 5. The number of anilines is 1. The van der Waals surface area contributed by atoms with E-state index >= 15 is 0 Å². The number of ether oxygens (including phenoxy) is 2. The molecule has 3 N–H and O–H groups in total. The molecule has 200 valence electrons. The highest BCUT2D eigenvalue weighted by atomic mass is 16.6. The first kappa shape index (κ1) is 25.7. The van der Waals surface area contributed by atoms with Gasteiger partial charge in [-0.2, -0.15) is 0 Å². The van der Waals surface area contributed by atoms with Crippen molar-refractivity contribution in [1.29, 1.82) is 0 Å². The minimum atomic E-state index is -0.502. The number of benzene rings is 1. The van der Waals surface area contributed by atoms with E-state index in [4.69, 9.17) is 24.8 Å². The van der Waals surface area contributed by atoms with Crippen molar-refractivity contribution in [1.82, 2.24) is 25.5 Å². The summed E-state index contributed by atoms with van der Waals surface area (Å²) < 4.78 is 16.1. The van der Waals surface area contributed by atoms with E-state index in [1.807, 2.05) is 51.2 Å². The van der Waals surface area contributed by atoms with Crippen molar-refractivity contribution < 1.29 is 18.9 Å². The van der Waals surface area contributed by atoms with E-state index in [2.05, 4.69) is 20.6 Å². The van der Waals surface area contributed by atoms with Crippen molar-refractivity contribution in [2.75, 3.05) is 25.9 Å². The molecule has 1 amide bonds.